The highest BCUT2D eigenvalue weighted by Crippen LogP contribution is 2.20. The van der Waals surface area contributed by atoms with E-state index < -0.39 is 10.0 Å². The summed E-state index contributed by atoms with van der Waals surface area (Å²) in [4.78, 5) is 0. The van der Waals surface area contributed by atoms with Gasteiger partial charge in [-0.25, -0.2) is 8.42 Å². The molecule has 0 aliphatic heterocycles. The summed E-state index contributed by atoms with van der Waals surface area (Å²) >= 11 is 0. The molecule has 2 N–H and O–H groups in total. The van der Waals surface area contributed by atoms with E-state index in [0.29, 0.717) is 11.6 Å². The average Bonchev–Trinajstić information content (AvgIpc) is 2.37. The van der Waals surface area contributed by atoms with Crippen LogP contribution < -0.4 is 10.0 Å². The summed E-state index contributed by atoms with van der Waals surface area (Å²) in [5.74, 6) is 0.693. The summed E-state index contributed by atoms with van der Waals surface area (Å²) in [7, 11) is -3.20. The smallest absolute Gasteiger partial charge is 0.229 e. The Balaban J connectivity index is 1.86. The van der Waals surface area contributed by atoms with E-state index in [1.165, 1.54) is 12.8 Å². The Morgan fingerprint density at radius 2 is 1.84 bits per heavy atom. The van der Waals surface area contributed by atoms with Crippen molar-refractivity contribution >= 4 is 21.4 Å². The number of sulfonamides is 1. The van der Waals surface area contributed by atoms with E-state index in [-0.39, 0.29) is 0 Å². The minimum absolute atomic E-state index is 0.591. The first-order valence-electron chi connectivity index (χ1n) is 6.50. The molecule has 1 aliphatic carbocycles. The molecule has 0 radical (unpaired) electrons. The van der Waals surface area contributed by atoms with Crippen LogP contribution in [-0.2, 0) is 10.0 Å². The molecule has 0 bridgehead atoms. The molecule has 0 aromatic heterocycles. The van der Waals surface area contributed by atoms with E-state index in [1.807, 2.05) is 12.1 Å². The van der Waals surface area contributed by atoms with E-state index in [0.717, 1.165) is 24.9 Å². The predicted molar refractivity (Wildman–Crippen MR) is 79.9 cm³/mol. The van der Waals surface area contributed by atoms with Crippen molar-refractivity contribution in [3.63, 3.8) is 0 Å². The maximum atomic E-state index is 11.1. The van der Waals surface area contributed by atoms with Gasteiger partial charge >= 0.3 is 0 Å². The fourth-order valence-corrected chi connectivity index (χ4v) is 2.74. The van der Waals surface area contributed by atoms with Crippen LogP contribution in [0.4, 0.5) is 11.4 Å². The lowest BCUT2D eigenvalue weighted by Crippen LogP contribution is -2.15. The van der Waals surface area contributed by atoms with E-state index >= 15 is 0 Å². The molecule has 0 saturated carbocycles. The third kappa shape index (κ3) is 4.95. The molecule has 1 aromatic rings. The topological polar surface area (TPSA) is 58.2 Å². The Morgan fingerprint density at radius 3 is 2.42 bits per heavy atom. The summed E-state index contributed by atoms with van der Waals surface area (Å²) in [6.07, 6.45) is 9.17. The first-order valence-corrected chi connectivity index (χ1v) is 8.39. The molecule has 0 fully saturated rings. The number of allylic oxidation sites excluding steroid dienone is 2. The van der Waals surface area contributed by atoms with Crippen LogP contribution in [0.25, 0.3) is 0 Å². The molecule has 2 rings (SSSR count). The molecule has 1 aromatic carbocycles. The molecule has 104 valence electrons. The van der Waals surface area contributed by atoms with Gasteiger partial charge in [-0.3, -0.25) is 4.72 Å². The van der Waals surface area contributed by atoms with Crippen molar-refractivity contribution in [2.24, 2.45) is 5.92 Å². The number of anilines is 2. The summed E-state index contributed by atoms with van der Waals surface area (Å²) < 4.78 is 24.6. The van der Waals surface area contributed by atoms with Crippen LogP contribution in [0, 0.1) is 5.92 Å². The van der Waals surface area contributed by atoms with Crippen LogP contribution in [0.15, 0.2) is 36.4 Å². The molecule has 1 unspecified atom stereocenters. The molecule has 0 amide bonds. The van der Waals surface area contributed by atoms with Crippen molar-refractivity contribution < 1.29 is 8.42 Å². The molecule has 0 heterocycles. The Hall–Kier alpha value is -1.49. The highest BCUT2D eigenvalue weighted by atomic mass is 32.2. The summed E-state index contributed by atoms with van der Waals surface area (Å²) in [6, 6.07) is 7.33. The molecule has 4 nitrogen and oxygen atoms in total. The maximum absolute atomic E-state index is 11.1. The third-order valence-electron chi connectivity index (χ3n) is 3.16. The van der Waals surface area contributed by atoms with E-state index in [2.05, 4.69) is 22.2 Å². The quantitative estimate of drug-likeness (QED) is 0.815. The van der Waals surface area contributed by atoms with Crippen molar-refractivity contribution in [1.29, 1.82) is 0 Å². The molecular weight excluding hydrogens is 260 g/mol. The zero-order valence-corrected chi connectivity index (χ0v) is 11.9. The van der Waals surface area contributed by atoms with Gasteiger partial charge in [0.1, 0.15) is 0 Å². The molecule has 0 saturated heterocycles. The van der Waals surface area contributed by atoms with Crippen molar-refractivity contribution in [2.75, 3.05) is 22.8 Å². The van der Waals surface area contributed by atoms with E-state index in [9.17, 15) is 8.42 Å². The zero-order valence-electron chi connectivity index (χ0n) is 11.1. The van der Waals surface area contributed by atoms with E-state index in [1.54, 1.807) is 12.1 Å². The minimum atomic E-state index is -3.20. The van der Waals surface area contributed by atoms with Crippen LogP contribution in [0.1, 0.15) is 19.3 Å². The Bertz CT molecular complexity index is 535. The highest BCUT2D eigenvalue weighted by molar-refractivity contribution is 7.92. The number of nitrogens with one attached hydrogen (secondary N) is 2. The number of benzene rings is 1. The van der Waals surface area contributed by atoms with Gasteiger partial charge in [0, 0.05) is 17.9 Å². The highest BCUT2D eigenvalue weighted by Gasteiger charge is 2.09. The van der Waals surface area contributed by atoms with Crippen LogP contribution in [0.5, 0.6) is 0 Å². The van der Waals surface area contributed by atoms with Gasteiger partial charge in [-0.2, -0.15) is 0 Å². The lowest BCUT2D eigenvalue weighted by Gasteiger charge is -2.18. The molecule has 5 heteroatoms. The normalized spacial score (nSPS) is 19.1. The first kappa shape index (κ1) is 13.9. The van der Waals surface area contributed by atoms with Gasteiger partial charge in [-0.15, -0.1) is 0 Å². The van der Waals surface area contributed by atoms with Crippen LogP contribution in [0.2, 0.25) is 0 Å². The second kappa shape index (κ2) is 6.10. The number of hydrogen-bond acceptors (Lipinski definition) is 3. The van der Waals surface area contributed by atoms with Gasteiger partial charge in [0.05, 0.1) is 6.26 Å². The Morgan fingerprint density at radius 1 is 1.16 bits per heavy atom. The Kier molecular flexibility index (Phi) is 4.47. The van der Waals surface area contributed by atoms with Gasteiger partial charge in [0.25, 0.3) is 0 Å². The molecule has 0 spiro atoms. The lowest BCUT2D eigenvalue weighted by molar-refractivity contribution is 0.504. The third-order valence-corrected chi connectivity index (χ3v) is 3.77. The van der Waals surface area contributed by atoms with Crippen molar-refractivity contribution in [3.05, 3.63) is 36.4 Å². The SMILES string of the molecule is CS(=O)(=O)Nc1ccc(NCC2CC=CCC2)cc1. The lowest BCUT2D eigenvalue weighted by atomic mass is 9.94. The second-order valence-corrected chi connectivity index (χ2v) is 6.73. The number of hydrogen-bond donors (Lipinski definition) is 2. The summed E-state index contributed by atoms with van der Waals surface area (Å²) in [6.45, 7) is 0.961. The first-order chi connectivity index (χ1) is 9.03. The predicted octanol–water partition coefficient (Wildman–Crippen LogP) is 2.83. The second-order valence-electron chi connectivity index (χ2n) is 4.98. The maximum Gasteiger partial charge on any atom is 0.229 e. The fraction of sp³-hybridized carbons (Fsp3) is 0.429. The largest absolute Gasteiger partial charge is 0.385 e. The monoisotopic (exact) mass is 280 g/mol. The van der Waals surface area contributed by atoms with Gasteiger partial charge in [-0.1, -0.05) is 12.2 Å². The van der Waals surface area contributed by atoms with Crippen molar-refractivity contribution in [3.8, 4) is 0 Å². The van der Waals surface area contributed by atoms with Gasteiger partial charge in [0.15, 0.2) is 0 Å². The fourth-order valence-electron chi connectivity index (χ4n) is 2.17. The van der Waals surface area contributed by atoms with Gasteiger partial charge < -0.3 is 5.32 Å². The van der Waals surface area contributed by atoms with Crippen molar-refractivity contribution in [1.82, 2.24) is 0 Å². The molecular formula is C14H20N2O2S. The molecule has 19 heavy (non-hydrogen) atoms. The zero-order chi connectivity index (χ0) is 13.7. The van der Waals surface area contributed by atoms with Crippen LogP contribution in [-0.4, -0.2) is 21.2 Å². The van der Waals surface area contributed by atoms with E-state index in [4.69, 9.17) is 0 Å². The standard InChI is InChI=1S/C14H20N2O2S/c1-19(17,18)16-14-9-7-13(8-10-14)15-11-12-5-3-2-4-6-12/h2-3,7-10,12,15-16H,4-6,11H2,1H3. The van der Waals surface area contributed by atoms with Crippen LogP contribution in [0.3, 0.4) is 0 Å². The average molecular weight is 280 g/mol. The molecule has 1 atom stereocenters. The van der Waals surface area contributed by atoms with Crippen molar-refractivity contribution in [2.45, 2.75) is 19.3 Å². The Labute approximate surface area is 115 Å². The van der Waals surface area contributed by atoms with Gasteiger partial charge in [0.2, 0.25) is 10.0 Å². The van der Waals surface area contributed by atoms with Gasteiger partial charge in [-0.05, 0) is 49.4 Å². The van der Waals surface area contributed by atoms with Crippen LogP contribution >= 0.6 is 0 Å². The summed E-state index contributed by atoms with van der Waals surface area (Å²) in [5.41, 5.74) is 1.61. The number of rotatable bonds is 5. The minimum Gasteiger partial charge on any atom is -0.385 e. The summed E-state index contributed by atoms with van der Waals surface area (Å²) in [5, 5.41) is 3.39. The molecule has 1 aliphatic rings.